The predicted molar refractivity (Wildman–Crippen MR) is 158 cm³/mol. The molecule has 5 rings (SSSR count). The van der Waals surface area contributed by atoms with E-state index in [-0.39, 0.29) is 53.8 Å². The van der Waals surface area contributed by atoms with Gasteiger partial charge < -0.3 is 10.2 Å². The molecule has 2 N–H and O–H groups in total. The first-order valence-corrected chi connectivity index (χ1v) is 17.5. The van der Waals surface area contributed by atoms with Crippen LogP contribution in [0.25, 0.3) is 0 Å². The Morgan fingerprint density at radius 3 is 2.26 bits per heavy atom. The highest BCUT2D eigenvalue weighted by molar-refractivity contribution is 7.92. The molecule has 0 radical (unpaired) electrons. The molecular formula is C34H49F3O4S. The van der Waals surface area contributed by atoms with Crippen LogP contribution in [0, 0.1) is 46.3 Å². The van der Waals surface area contributed by atoms with Gasteiger partial charge in [0.2, 0.25) is 0 Å². The average molecular weight is 611 g/mol. The number of alkyl halides is 3. The van der Waals surface area contributed by atoms with Crippen LogP contribution in [0.5, 0.6) is 0 Å². The first-order valence-electron chi connectivity index (χ1n) is 15.9. The fourth-order valence-corrected chi connectivity index (χ4v) is 12.1. The predicted octanol–water partition coefficient (Wildman–Crippen LogP) is 7.74. The van der Waals surface area contributed by atoms with Crippen molar-refractivity contribution in [2.75, 3.05) is 0 Å². The minimum atomic E-state index is -4.63. The summed E-state index contributed by atoms with van der Waals surface area (Å²) in [5.41, 5.74) is -2.27. The van der Waals surface area contributed by atoms with Crippen molar-refractivity contribution in [1.82, 2.24) is 0 Å². The van der Waals surface area contributed by atoms with Crippen molar-refractivity contribution in [1.29, 1.82) is 0 Å². The third-order valence-electron chi connectivity index (χ3n) is 12.7. The normalized spacial score (nSPS) is 39.1. The minimum absolute atomic E-state index is 0.0533. The molecule has 0 bridgehead atoms. The van der Waals surface area contributed by atoms with Gasteiger partial charge in [0, 0.05) is 6.42 Å². The van der Waals surface area contributed by atoms with E-state index in [9.17, 15) is 31.8 Å². The Labute approximate surface area is 250 Å². The van der Waals surface area contributed by atoms with Crippen molar-refractivity contribution < 1.29 is 31.8 Å². The molecule has 0 aliphatic heterocycles. The van der Waals surface area contributed by atoms with Gasteiger partial charge in [-0.25, -0.2) is 8.42 Å². The molecule has 4 aliphatic rings. The zero-order chi connectivity index (χ0) is 30.9. The number of hydrogen-bond acceptors (Lipinski definition) is 4. The second kappa shape index (κ2) is 10.9. The topological polar surface area (TPSA) is 74.6 Å². The summed E-state index contributed by atoms with van der Waals surface area (Å²) in [6, 6.07) is 8.60. The van der Waals surface area contributed by atoms with Gasteiger partial charge in [-0.2, -0.15) is 13.2 Å². The van der Waals surface area contributed by atoms with Gasteiger partial charge in [-0.15, -0.1) is 0 Å². The van der Waals surface area contributed by atoms with Crippen LogP contribution < -0.4 is 0 Å². The summed E-state index contributed by atoms with van der Waals surface area (Å²) in [7, 11) is -3.69. The van der Waals surface area contributed by atoms with Crippen molar-refractivity contribution >= 4 is 9.84 Å². The molecule has 3 saturated carbocycles. The summed E-state index contributed by atoms with van der Waals surface area (Å²) in [5.74, 6) is 0.952. The average Bonchev–Trinajstić information content (AvgIpc) is 3.28. The van der Waals surface area contributed by atoms with Crippen LogP contribution in [0.4, 0.5) is 13.2 Å². The van der Waals surface area contributed by atoms with Crippen LogP contribution >= 0.6 is 0 Å². The number of sulfone groups is 1. The number of hydrogen-bond donors (Lipinski definition) is 2. The lowest BCUT2D eigenvalue weighted by Crippen LogP contribution is -2.56. The standard InChI is InChI=1S/C34H49F3O4S/c1-21(2)29(38)19-30(42(40,41)24-9-7-6-8-10-24)22(3)26-13-14-27-25-12-11-23-20-33(39,34(35,36)37)18-17-31(23,4)28(25)15-16-32(26,27)5/h6-11,21-22,25-30,38-39H,12-20H2,1-5H3/t22-,25-,26+,27-,28-,29-,30?,31-,32+,33-/m0/s1. The largest absolute Gasteiger partial charge is 0.417 e. The lowest BCUT2D eigenvalue weighted by atomic mass is 9.46. The summed E-state index contributed by atoms with van der Waals surface area (Å²) in [5, 5.41) is 20.7. The zero-order valence-electron chi connectivity index (χ0n) is 25.7. The van der Waals surface area contributed by atoms with Crippen molar-refractivity contribution in [2.24, 2.45) is 46.3 Å². The summed E-state index contributed by atoms with van der Waals surface area (Å²) >= 11 is 0. The fraction of sp³-hybridized carbons (Fsp3) is 0.765. The lowest BCUT2D eigenvalue weighted by Gasteiger charge is -2.59. The molecule has 236 valence electrons. The lowest BCUT2D eigenvalue weighted by molar-refractivity contribution is -0.271. The monoisotopic (exact) mass is 610 g/mol. The van der Waals surface area contributed by atoms with Gasteiger partial charge in [-0.05, 0) is 110 Å². The van der Waals surface area contributed by atoms with E-state index < -0.39 is 33.0 Å². The smallest absolute Gasteiger partial charge is 0.393 e. The van der Waals surface area contributed by atoms with Crippen LogP contribution in [-0.4, -0.2) is 41.8 Å². The SMILES string of the molecule is CC(C)[C@@H](O)CC([C@@H](C)[C@H]1CC[C@H]2[C@@H]3CC=C4C[C@](O)(C(F)(F)F)CC[C@]4(C)[C@H]3CC[C@]12C)S(=O)(=O)c1ccccc1. The Morgan fingerprint density at radius 2 is 1.64 bits per heavy atom. The van der Waals surface area contributed by atoms with E-state index in [1.807, 2.05) is 26.0 Å². The molecule has 1 aromatic rings. The molecular weight excluding hydrogens is 561 g/mol. The molecule has 0 amide bonds. The summed E-state index contributed by atoms with van der Waals surface area (Å²) in [4.78, 5) is 0.301. The van der Waals surface area contributed by atoms with Crippen molar-refractivity contribution in [3.05, 3.63) is 42.0 Å². The summed E-state index contributed by atoms with van der Waals surface area (Å²) < 4.78 is 69.4. The van der Waals surface area contributed by atoms with E-state index in [4.69, 9.17) is 0 Å². The number of aliphatic hydroxyl groups excluding tert-OH is 1. The Balaban J connectivity index is 1.43. The quantitative estimate of drug-likeness (QED) is 0.310. The second-order valence-electron chi connectivity index (χ2n) is 15.0. The van der Waals surface area contributed by atoms with E-state index in [2.05, 4.69) is 20.8 Å². The van der Waals surface area contributed by atoms with E-state index in [0.29, 0.717) is 23.2 Å². The number of fused-ring (bicyclic) bond motifs is 5. The van der Waals surface area contributed by atoms with Gasteiger partial charge in [0.25, 0.3) is 0 Å². The highest BCUT2D eigenvalue weighted by atomic mass is 32.2. The Hall–Kier alpha value is -1.38. The van der Waals surface area contributed by atoms with Gasteiger partial charge in [-0.3, -0.25) is 0 Å². The van der Waals surface area contributed by atoms with E-state index >= 15 is 0 Å². The van der Waals surface area contributed by atoms with Gasteiger partial charge in [-0.1, -0.05) is 64.5 Å². The Bertz CT molecular complexity index is 1280. The Kier molecular flexibility index (Phi) is 8.31. The first-order chi connectivity index (χ1) is 19.5. The molecule has 1 aromatic carbocycles. The van der Waals surface area contributed by atoms with E-state index in [1.54, 1.807) is 24.3 Å². The molecule has 4 nitrogen and oxygen atoms in total. The third kappa shape index (κ3) is 5.09. The number of rotatable bonds is 7. The molecule has 0 spiro atoms. The minimum Gasteiger partial charge on any atom is -0.393 e. The molecule has 0 saturated heterocycles. The molecule has 1 unspecified atom stereocenters. The van der Waals surface area contributed by atoms with Crippen molar-refractivity contribution in [3.63, 3.8) is 0 Å². The number of allylic oxidation sites excluding steroid dienone is 1. The van der Waals surface area contributed by atoms with Crippen molar-refractivity contribution in [3.8, 4) is 0 Å². The highest BCUT2D eigenvalue weighted by Gasteiger charge is 2.64. The zero-order valence-corrected chi connectivity index (χ0v) is 26.5. The van der Waals surface area contributed by atoms with Gasteiger partial charge in [0.1, 0.15) is 0 Å². The number of benzene rings is 1. The number of aliphatic hydroxyl groups is 2. The molecule has 3 fully saturated rings. The number of halogens is 3. The Morgan fingerprint density at radius 1 is 0.976 bits per heavy atom. The molecule has 8 heteroatoms. The summed E-state index contributed by atoms with van der Waals surface area (Å²) in [6.07, 6.45) is 1.08. The maximum atomic E-state index is 14.1. The van der Waals surface area contributed by atoms with Gasteiger partial charge in [0.15, 0.2) is 15.4 Å². The third-order valence-corrected chi connectivity index (χ3v) is 15.1. The van der Waals surface area contributed by atoms with E-state index in [1.165, 1.54) is 0 Å². The maximum absolute atomic E-state index is 14.1. The van der Waals surface area contributed by atoms with Gasteiger partial charge >= 0.3 is 6.18 Å². The van der Waals surface area contributed by atoms with Crippen LogP contribution in [-0.2, 0) is 9.84 Å². The highest BCUT2D eigenvalue weighted by Crippen LogP contribution is 2.68. The van der Waals surface area contributed by atoms with Crippen LogP contribution in [0.2, 0.25) is 0 Å². The van der Waals surface area contributed by atoms with Crippen LogP contribution in [0.1, 0.15) is 92.4 Å². The first kappa shape index (κ1) is 32.0. The molecule has 0 aromatic heterocycles. The van der Waals surface area contributed by atoms with Gasteiger partial charge in [0.05, 0.1) is 16.2 Å². The molecule has 42 heavy (non-hydrogen) atoms. The van der Waals surface area contributed by atoms with Crippen LogP contribution in [0.15, 0.2) is 46.9 Å². The van der Waals surface area contributed by atoms with Crippen molar-refractivity contribution in [2.45, 2.75) is 120 Å². The maximum Gasteiger partial charge on any atom is 0.417 e. The fourth-order valence-electron chi connectivity index (χ4n) is 9.97. The molecule has 0 heterocycles. The second-order valence-corrected chi connectivity index (χ2v) is 17.2. The molecule has 4 aliphatic carbocycles. The van der Waals surface area contributed by atoms with E-state index in [0.717, 1.165) is 37.7 Å². The van der Waals surface area contributed by atoms with Crippen LogP contribution in [0.3, 0.4) is 0 Å². The summed E-state index contributed by atoms with van der Waals surface area (Å²) in [6.45, 7) is 10.4. The molecule has 10 atom stereocenters.